The van der Waals surface area contributed by atoms with E-state index in [-0.39, 0.29) is 0 Å². The number of fused-ring (bicyclic) bond motifs is 5. The average molecular weight is 564 g/mol. The number of hydrogen-bond donors (Lipinski definition) is 1. The van der Waals surface area contributed by atoms with E-state index in [4.69, 9.17) is 16.3 Å². The maximum Gasteiger partial charge on any atom is 0.335 e. The molecule has 2 aromatic carbocycles. The first kappa shape index (κ1) is 27.6. The van der Waals surface area contributed by atoms with E-state index in [1.807, 2.05) is 19.2 Å². The molecule has 2 aliphatic heterocycles. The Kier molecular flexibility index (Phi) is 8.38. The maximum atomic E-state index is 11.9. The highest BCUT2D eigenvalue weighted by atomic mass is 35.5. The summed E-state index contributed by atoms with van der Waals surface area (Å²) >= 11 is 6.63. The highest BCUT2D eigenvalue weighted by molar-refractivity contribution is 6.31. The van der Waals surface area contributed by atoms with Crippen LogP contribution in [0.1, 0.15) is 79.6 Å². The largest absolute Gasteiger partial charge is 0.478 e. The molecule has 7 heteroatoms. The van der Waals surface area contributed by atoms with Gasteiger partial charge in [-0.05, 0) is 80.5 Å². The predicted molar refractivity (Wildman–Crippen MR) is 163 cm³/mol. The van der Waals surface area contributed by atoms with E-state index in [1.165, 1.54) is 79.3 Å². The molecule has 3 heterocycles. The Hall–Kier alpha value is -2.54. The Labute approximate surface area is 242 Å². The Morgan fingerprint density at radius 2 is 1.80 bits per heavy atom. The molecule has 3 aliphatic rings. The molecule has 214 valence electrons. The van der Waals surface area contributed by atoms with E-state index in [2.05, 4.69) is 32.6 Å². The van der Waals surface area contributed by atoms with Crippen LogP contribution in [0.5, 0.6) is 0 Å². The van der Waals surface area contributed by atoms with E-state index in [0.29, 0.717) is 17.5 Å². The van der Waals surface area contributed by atoms with E-state index < -0.39 is 5.97 Å². The second kappa shape index (κ2) is 12.1. The third kappa shape index (κ3) is 5.38. The number of carboxylic acid groups (broad SMARTS) is 1. The number of piperidine rings is 1. The summed E-state index contributed by atoms with van der Waals surface area (Å²) in [6, 6.07) is 12.6. The minimum Gasteiger partial charge on any atom is -0.478 e. The van der Waals surface area contributed by atoms with Crippen molar-refractivity contribution in [3.63, 3.8) is 0 Å². The van der Waals surface area contributed by atoms with Crippen molar-refractivity contribution in [1.29, 1.82) is 0 Å². The highest BCUT2D eigenvalue weighted by Crippen LogP contribution is 2.48. The lowest BCUT2D eigenvalue weighted by Crippen LogP contribution is -2.43. The summed E-state index contributed by atoms with van der Waals surface area (Å²) < 4.78 is 7.94. The zero-order chi connectivity index (χ0) is 27.6. The summed E-state index contributed by atoms with van der Waals surface area (Å²) in [5, 5.41) is 11.8. The smallest absolute Gasteiger partial charge is 0.335 e. The standard InChI is InChI=1S/C33H42ClN3O3/c1-40-22-26-10-5-6-15-35(26)16-7-17-36-18-19-37-30-20-24(33(38)39)11-13-27(30)31(23-8-3-2-4-9-23)32(37)28-14-12-25(34)21-29(28)36/h11-14,20-21,23,26H,2-10,15-19,22H2,1H3,(H,38,39). The first-order chi connectivity index (χ1) is 19.5. The fourth-order valence-corrected chi connectivity index (χ4v) is 7.74. The van der Waals surface area contributed by atoms with Gasteiger partial charge in [0.15, 0.2) is 0 Å². The lowest BCUT2D eigenvalue weighted by atomic mass is 9.81. The van der Waals surface area contributed by atoms with Crippen molar-refractivity contribution in [2.24, 2.45) is 0 Å². The van der Waals surface area contributed by atoms with Crippen LogP contribution in [0.25, 0.3) is 22.2 Å². The first-order valence-corrected chi connectivity index (χ1v) is 15.6. The Bertz CT molecular complexity index is 1360. The van der Waals surface area contributed by atoms with Gasteiger partial charge in [0.1, 0.15) is 0 Å². The number of nitrogens with zero attached hydrogens (tertiary/aromatic N) is 3. The molecule has 1 aliphatic carbocycles. The molecule has 1 saturated carbocycles. The van der Waals surface area contributed by atoms with Crippen molar-refractivity contribution in [3.05, 3.63) is 52.5 Å². The van der Waals surface area contributed by atoms with Gasteiger partial charge in [-0.1, -0.05) is 43.4 Å². The number of hydrogen-bond acceptors (Lipinski definition) is 4. The minimum atomic E-state index is -0.872. The normalized spacial score (nSPS) is 20.4. The third-order valence-electron chi connectivity index (χ3n) is 9.49. The van der Waals surface area contributed by atoms with Gasteiger partial charge in [-0.25, -0.2) is 4.79 Å². The van der Waals surface area contributed by atoms with Crippen LogP contribution < -0.4 is 4.90 Å². The lowest BCUT2D eigenvalue weighted by Gasteiger charge is -2.36. The second-order valence-corrected chi connectivity index (χ2v) is 12.4. The molecule has 0 spiro atoms. The monoisotopic (exact) mass is 563 g/mol. The summed E-state index contributed by atoms with van der Waals surface area (Å²) in [7, 11) is 1.81. The number of aromatic nitrogens is 1. The summed E-state index contributed by atoms with van der Waals surface area (Å²) in [4.78, 5) is 17.1. The summed E-state index contributed by atoms with van der Waals surface area (Å²) in [5.41, 5.74) is 6.52. The molecule has 1 unspecified atom stereocenters. The van der Waals surface area contributed by atoms with Crippen LogP contribution in [0, 0.1) is 0 Å². The van der Waals surface area contributed by atoms with Crippen molar-refractivity contribution < 1.29 is 14.6 Å². The molecule has 0 bridgehead atoms. The van der Waals surface area contributed by atoms with Crippen LogP contribution in [-0.4, -0.2) is 66.5 Å². The molecular weight excluding hydrogens is 522 g/mol. The zero-order valence-corrected chi connectivity index (χ0v) is 24.5. The van der Waals surface area contributed by atoms with Gasteiger partial charge in [-0.15, -0.1) is 0 Å². The number of halogens is 1. The fourth-order valence-electron chi connectivity index (χ4n) is 7.58. The molecule has 3 aromatic rings. The Morgan fingerprint density at radius 3 is 2.60 bits per heavy atom. The van der Waals surface area contributed by atoms with E-state index in [0.717, 1.165) is 56.3 Å². The van der Waals surface area contributed by atoms with Crippen molar-refractivity contribution in [3.8, 4) is 11.3 Å². The SMILES string of the molecule is COCC1CCCCN1CCCN1CCn2c(c(C3CCCCC3)c3ccc(C(=O)O)cc32)-c2ccc(Cl)cc21. The molecule has 1 atom stereocenters. The van der Waals surface area contributed by atoms with Gasteiger partial charge in [-0.2, -0.15) is 0 Å². The minimum absolute atomic E-state index is 0.354. The molecular formula is C33H42ClN3O3. The Balaban J connectivity index is 1.37. The number of methoxy groups -OCH3 is 1. The van der Waals surface area contributed by atoms with Gasteiger partial charge >= 0.3 is 5.97 Å². The van der Waals surface area contributed by atoms with Crippen LogP contribution in [0.15, 0.2) is 36.4 Å². The molecule has 1 saturated heterocycles. The Morgan fingerprint density at radius 1 is 0.975 bits per heavy atom. The van der Waals surface area contributed by atoms with Crippen molar-refractivity contribution >= 4 is 34.2 Å². The number of aromatic carboxylic acids is 1. The van der Waals surface area contributed by atoms with Gasteiger partial charge in [0.2, 0.25) is 0 Å². The van der Waals surface area contributed by atoms with Gasteiger partial charge < -0.3 is 19.3 Å². The fraction of sp³-hybridized carbons (Fsp3) is 0.545. The van der Waals surface area contributed by atoms with Gasteiger partial charge in [0.05, 0.1) is 17.9 Å². The highest BCUT2D eigenvalue weighted by Gasteiger charge is 2.31. The molecule has 6 nitrogen and oxygen atoms in total. The molecule has 0 radical (unpaired) electrons. The first-order valence-electron chi connectivity index (χ1n) is 15.2. The van der Waals surface area contributed by atoms with E-state index in [1.54, 1.807) is 6.07 Å². The summed E-state index contributed by atoms with van der Waals surface area (Å²) in [6.07, 6.45) is 11.1. The second-order valence-electron chi connectivity index (χ2n) is 11.9. The number of carbonyl (C=O) groups is 1. The number of carboxylic acids is 1. The summed E-state index contributed by atoms with van der Waals surface area (Å²) in [5.74, 6) is -0.376. The average Bonchev–Trinajstić information content (AvgIpc) is 3.20. The number of anilines is 1. The number of likely N-dealkylation sites (tertiary alicyclic amines) is 1. The van der Waals surface area contributed by atoms with E-state index >= 15 is 0 Å². The number of benzene rings is 2. The molecule has 0 amide bonds. The van der Waals surface area contributed by atoms with Crippen molar-refractivity contribution in [1.82, 2.24) is 9.47 Å². The van der Waals surface area contributed by atoms with Crippen LogP contribution in [0.3, 0.4) is 0 Å². The number of ether oxygens (including phenoxy) is 1. The van der Waals surface area contributed by atoms with Crippen LogP contribution in [-0.2, 0) is 11.3 Å². The van der Waals surface area contributed by atoms with Crippen LogP contribution in [0.2, 0.25) is 5.02 Å². The summed E-state index contributed by atoms with van der Waals surface area (Å²) in [6.45, 7) is 5.70. The van der Waals surface area contributed by atoms with Crippen LogP contribution >= 0.6 is 11.6 Å². The zero-order valence-electron chi connectivity index (χ0n) is 23.7. The number of rotatable bonds is 8. The van der Waals surface area contributed by atoms with Gasteiger partial charge in [0.25, 0.3) is 0 Å². The van der Waals surface area contributed by atoms with Crippen molar-refractivity contribution in [2.75, 3.05) is 44.8 Å². The van der Waals surface area contributed by atoms with E-state index in [9.17, 15) is 9.90 Å². The van der Waals surface area contributed by atoms with Crippen molar-refractivity contribution in [2.45, 2.75) is 76.3 Å². The topological polar surface area (TPSA) is 57.9 Å². The van der Waals surface area contributed by atoms with Gasteiger partial charge in [0, 0.05) is 66.5 Å². The molecule has 2 fully saturated rings. The van der Waals surface area contributed by atoms with Crippen LogP contribution in [0.4, 0.5) is 5.69 Å². The molecule has 1 N–H and O–H groups in total. The quantitative estimate of drug-likeness (QED) is 0.309. The maximum absolute atomic E-state index is 11.9. The predicted octanol–water partition coefficient (Wildman–Crippen LogP) is 7.42. The van der Waals surface area contributed by atoms with Gasteiger partial charge in [-0.3, -0.25) is 4.90 Å². The third-order valence-corrected chi connectivity index (χ3v) is 9.73. The molecule has 6 rings (SSSR count). The lowest BCUT2D eigenvalue weighted by molar-refractivity contribution is 0.0646. The molecule has 1 aromatic heterocycles. The molecule has 40 heavy (non-hydrogen) atoms.